The summed E-state index contributed by atoms with van der Waals surface area (Å²) in [6.07, 6.45) is -0.00729. The third-order valence-electron chi connectivity index (χ3n) is 3.53. The van der Waals surface area contributed by atoms with Crippen molar-refractivity contribution in [1.29, 1.82) is 0 Å². The molecule has 1 heterocycles. The van der Waals surface area contributed by atoms with Crippen LogP contribution in [0.25, 0.3) is 0 Å². The number of carbonyl (C=O) groups excluding carboxylic acids is 1. The molecule has 1 aromatic rings. The molecule has 0 unspecified atom stereocenters. The molecule has 0 aromatic heterocycles. The van der Waals surface area contributed by atoms with Crippen LogP contribution in [0.15, 0.2) is 18.2 Å². The van der Waals surface area contributed by atoms with E-state index in [9.17, 15) is 4.79 Å². The van der Waals surface area contributed by atoms with Crippen molar-refractivity contribution in [3.8, 4) is 0 Å². The van der Waals surface area contributed by atoms with Gasteiger partial charge in [0.05, 0.1) is 18.5 Å². The van der Waals surface area contributed by atoms with Crippen LogP contribution in [-0.2, 0) is 15.3 Å². The number of thioether (sulfide) groups is 1. The van der Waals surface area contributed by atoms with Gasteiger partial charge in [0, 0.05) is 25.4 Å². The maximum atomic E-state index is 12.2. The summed E-state index contributed by atoms with van der Waals surface area (Å²) in [4.78, 5) is 14.1. The molecule has 5 heteroatoms. The molecule has 0 aliphatic carbocycles. The average Bonchev–Trinajstić information content (AvgIpc) is 2.46. The number of benzene rings is 1. The Morgan fingerprint density at radius 2 is 2.10 bits per heavy atom. The summed E-state index contributed by atoms with van der Waals surface area (Å²) in [5.74, 6) is 1.58. The fourth-order valence-corrected chi connectivity index (χ4v) is 3.45. The summed E-state index contributed by atoms with van der Waals surface area (Å²) in [7, 11) is 0. The zero-order valence-electron chi connectivity index (χ0n) is 12.8. The summed E-state index contributed by atoms with van der Waals surface area (Å²) < 4.78 is 5.48. The highest BCUT2D eigenvalue weighted by molar-refractivity contribution is 7.99. The number of amides is 1. The predicted octanol–water partition coefficient (Wildman–Crippen LogP) is 1.72. The molecule has 1 aromatic carbocycles. The summed E-state index contributed by atoms with van der Waals surface area (Å²) in [5.41, 5.74) is 9.43. The van der Waals surface area contributed by atoms with Crippen molar-refractivity contribution in [3.05, 3.63) is 34.9 Å². The van der Waals surface area contributed by atoms with E-state index in [4.69, 9.17) is 10.5 Å². The third kappa shape index (κ3) is 5.02. The van der Waals surface area contributed by atoms with Gasteiger partial charge in [-0.05, 0) is 19.4 Å². The number of hydrogen-bond donors (Lipinski definition) is 1. The lowest BCUT2D eigenvalue weighted by Gasteiger charge is -2.32. The normalized spacial score (nSPS) is 18.8. The van der Waals surface area contributed by atoms with Crippen LogP contribution in [0, 0.1) is 13.8 Å². The molecule has 1 atom stereocenters. The minimum Gasteiger partial charge on any atom is -0.373 e. The fourth-order valence-electron chi connectivity index (χ4n) is 2.59. The number of carbonyl (C=O) groups is 1. The second-order valence-electron chi connectivity index (χ2n) is 5.56. The first-order valence-electron chi connectivity index (χ1n) is 7.33. The van der Waals surface area contributed by atoms with Crippen molar-refractivity contribution in [2.24, 2.45) is 5.73 Å². The van der Waals surface area contributed by atoms with Gasteiger partial charge in [-0.2, -0.15) is 0 Å². The van der Waals surface area contributed by atoms with Gasteiger partial charge < -0.3 is 15.4 Å². The predicted molar refractivity (Wildman–Crippen MR) is 87.5 cm³/mol. The lowest BCUT2D eigenvalue weighted by atomic mass is 10.1. The molecule has 1 aliphatic heterocycles. The Morgan fingerprint density at radius 3 is 2.76 bits per heavy atom. The molecule has 1 fully saturated rings. The van der Waals surface area contributed by atoms with Crippen molar-refractivity contribution in [1.82, 2.24) is 4.90 Å². The molecule has 2 N–H and O–H groups in total. The highest BCUT2D eigenvalue weighted by Crippen LogP contribution is 2.17. The van der Waals surface area contributed by atoms with Crippen molar-refractivity contribution < 1.29 is 9.53 Å². The van der Waals surface area contributed by atoms with Gasteiger partial charge in [-0.25, -0.2) is 0 Å². The summed E-state index contributed by atoms with van der Waals surface area (Å²) >= 11 is 1.67. The first-order chi connectivity index (χ1) is 10.1. The van der Waals surface area contributed by atoms with Gasteiger partial charge in [0.2, 0.25) is 5.91 Å². The summed E-state index contributed by atoms with van der Waals surface area (Å²) in [6.45, 7) is 6.58. The van der Waals surface area contributed by atoms with Crippen LogP contribution in [0.2, 0.25) is 0 Å². The van der Waals surface area contributed by atoms with Crippen molar-refractivity contribution in [2.45, 2.75) is 25.7 Å². The van der Waals surface area contributed by atoms with Gasteiger partial charge in [0.15, 0.2) is 0 Å². The fraction of sp³-hybridized carbons (Fsp3) is 0.562. The van der Waals surface area contributed by atoms with Crippen LogP contribution in [0.4, 0.5) is 0 Å². The van der Waals surface area contributed by atoms with Crippen molar-refractivity contribution in [3.63, 3.8) is 0 Å². The molecule has 1 aliphatic rings. The largest absolute Gasteiger partial charge is 0.373 e. The standard InChI is InChI=1S/C16H24N2O2S/c1-12-5-13(2)7-14(6-12)10-21-11-16(19)18-3-4-20-15(8-17)9-18/h5-7,15H,3-4,8-11,17H2,1-2H3/t15-/m1/s1. The molecule has 116 valence electrons. The Balaban J connectivity index is 1.78. The molecule has 0 saturated carbocycles. The van der Waals surface area contributed by atoms with Crippen LogP contribution in [0.1, 0.15) is 16.7 Å². The molecule has 4 nitrogen and oxygen atoms in total. The lowest BCUT2D eigenvalue weighted by molar-refractivity contribution is -0.135. The average molecular weight is 308 g/mol. The maximum absolute atomic E-state index is 12.2. The van der Waals surface area contributed by atoms with Gasteiger partial charge in [-0.3, -0.25) is 4.79 Å². The van der Waals surface area contributed by atoms with Crippen LogP contribution in [0.5, 0.6) is 0 Å². The van der Waals surface area contributed by atoms with E-state index in [0.717, 1.165) is 5.75 Å². The third-order valence-corrected chi connectivity index (χ3v) is 4.52. The van der Waals surface area contributed by atoms with Gasteiger partial charge in [0.1, 0.15) is 0 Å². The number of hydrogen-bond acceptors (Lipinski definition) is 4. The van der Waals surface area contributed by atoms with Gasteiger partial charge in [0.25, 0.3) is 0 Å². The number of ether oxygens (including phenoxy) is 1. The molecule has 21 heavy (non-hydrogen) atoms. The summed E-state index contributed by atoms with van der Waals surface area (Å²) in [6, 6.07) is 6.54. The number of nitrogens with zero attached hydrogens (tertiary/aromatic N) is 1. The molecule has 0 spiro atoms. The Morgan fingerprint density at radius 1 is 1.38 bits per heavy atom. The van der Waals surface area contributed by atoms with E-state index in [-0.39, 0.29) is 12.0 Å². The zero-order chi connectivity index (χ0) is 15.2. The molecular weight excluding hydrogens is 284 g/mol. The van der Waals surface area contributed by atoms with Crippen LogP contribution in [0.3, 0.4) is 0 Å². The molecule has 0 bridgehead atoms. The minimum atomic E-state index is -0.00729. The quantitative estimate of drug-likeness (QED) is 0.900. The number of morpholine rings is 1. The molecule has 2 rings (SSSR count). The molecule has 1 saturated heterocycles. The van der Waals surface area contributed by atoms with Gasteiger partial charge >= 0.3 is 0 Å². The maximum Gasteiger partial charge on any atom is 0.232 e. The topological polar surface area (TPSA) is 55.6 Å². The minimum absolute atomic E-state index is 0.00729. The Bertz CT molecular complexity index is 473. The highest BCUT2D eigenvalue weighted by atomic mass is 32.2. The summed E-state index contributed by atoms with van der Waals surface area (Å²) in [5, 5.41) is 0. The van der Waals surface area contributed by atoms with E-state index in [2.05, 4.69) is 32.0 Å². The zero-order valence-corrected chi connectivity index (χ0v) is 13.6. The first-order valence-corrected chi connectivity index (χ1v) is 8.48. The highest BCUT2D eigenvalue weighted by Gasteiger charge is 2.22. The SMILES string of the molecule is Cc1cc(C)cc(CSCC(=O)N2CCO[C@H](CN)C2)c1. The lowest BCUT2D eigenvalue weighted by Crippen LogP contribution is -2.48. The number of rotatable bonds is 5. The van der Waals surface area contributed by atoms with Gasteiger partial charge in [-0.15, -0.1) is 11.8 Å². The van der Waals surface area contributed by atoms with E-state index in [0.29, 0.717) is 32.0 Å². The van der Waals surface area contributed by atoms with E-state index in [1.54, 1.807) is 11.8 Å². The smallest absolute Gasteiger partial charge is 0.232 e. The van der Waals surface area contributed by atoms with Crippen LogP contribution in [-0.4, -0.2) is 48.9 Å². The Hall–Kier alpha value is -1.04. The number of nitrogens with two attached hydrogens (primary N) is 1. The second-order valence-corrected chi connectivity index (χ2v) is 6.54. The Kier molecular flexibility index (Phi) is 6.08. The van der Waals surface area contributed by atoms with E-state index >= 15 is 0 Å². The van der Waals surface area contributed by atoms with Crippen molar-refractivity contribution >= 4 is 17.7 Å². The molecular formula is C16H24N2O2S. The molecule has 0 radical (unpaired) electrons. The Labute approximate surface area is 131 Å². The van der Waals surface area contributed by atoms with Crippen LogP contribution < -0.4 is 5.73 Å². The van der Waals surface area contributed by atoms with Crippen LogP contribution >= 0.6 is 11.8 Å². The second kappa shape index (κ2) is 7.82. The number of aryl methyl sites for hydroxylation is 2. The van der Waals surface area contributed by atoms with Gasteiger partial charge in [-0.1, -0.05) is 29.3 Å². The first kappa shape index (κ1) is 16.3. The van der Waals surface area contributed by atoms with E-state index in [1.807, 2.05) is 4.90 Å². The van der Waals surface area contributed by atoms with E-state index in [1.165, 1.54) is 16.7 Å². The van der Waals surface area contributed by atoms with E-state index < -0.39 is 0 Å². The monoisotopic (exact) mass is 308 g/mol. The van der Waals surface area contributed by atoms with Crippen molar-refractivity contribution in [2.75, 3.05) is 32.0 Å². The molecule has 1 amide bonds.